The fraction of sp³-hybridized carbons (Fsp3) is 0.125. The summed E-state index contributed by atoms with van der Waals surface area (Å²) in [5.41, 5.74) is -1.77. The van der Waals surface area contributed by atoms with Gasteiger partial charge in [-0.25, -0.2) is 9.59 Å². The third-order valence-corrected chi connectivity index (χ3v) is 5.91. The zero-order valence-corrected chi connectivity index (χ0v) is 20.3. The lowest BCUT2D eigenvalue weighted by Gasteiger charge is -2.28. The molecule has 1 atom stereocenters. The van der Waals surface area contributed by atoms with Crippen molar-refractivity contribution in [1.29, 1.82) is 0 Å². The maximum atomic E-state index is 13.3. The largest absolute Gasteiger partial charge is 0.457 e. The summed E-state index contributed by atoms with van der Waals surface area (Å²) in [6.07, 6.45) is 0. The fourth-order valence-electron chi connectivity index (χ4n) is 3.01. The highest BCUT2D eigenvalue weighted by Gasteiger charge is 2.54. The zero-order valence-electron chi connectivity index (χ0n) is 17.3. The summed E-state index contributed by atoms with van der Waals surface area (Å²) < 4.78 is 15.8. The minimum absolute atomic E-state index is 0.0474. The Bertz CT molecular complexity index is 1220. The highest BCUT2D eigenvalue weighted by Crippen LogP contribution is 2.32. The minimum atomic E-state index is -2.59. The van der Waals surface area contributed by atoms with E-state index in [0.717, 1.165) is 0 Å². The SMILES string of the molecule is O=COC(C(=O)OCc1ccccc1Cl)(C(=O)OCc1ccc(Cl)cc1Cl)c1cccc(Cl)c1. The van der Waals surface area contributed by atoms with Gasteiger partial charge in [0, 0.05) is 36.8 Å². The Balaban J connectivity index is 1.95. The number of ether oxygens (including phenoxy) is 3. The smallest absolute Gasteiger partial charge is 0.367 e. The molecule has 3 rings (SSSR count). The molecule has 0 radical (unpaired) electrons. The van der Waals surface area contributed by atoms with Gasteiger partial charge < -0.3 is 14.2 Å². The van der Waals surface area contributed by atoms with Crippen molar-refractivity contribution in [1.82, 2.24) is 0 Å². The van der Waals surface area contributed by atoms with Crippen molar-refractivity contribution in [3.05, 3.63) is 104 Å². The molecule has 0 spiro atoms. The second-order valence-electron chi connectivity index (χ2n) is 6.89. The quantitative estimate of drug-likeness (QED) is 0.140. The topological polar surface area (TPSA) is 78.9 Å². The average Bonchev–Trinajstić information content (AvgIpc) is 2.81. The van der Waals surface area contributed by atoms with Gasteiger partial charge in [-0.05, 0) is 30.3 Å². The van der Waals surface area contributed by atoms with Gasteiger partial charge >= 0.3 is 17.5 Å². The molecule has 3 aromatic carbocycles. The number of benzene rings is 3. The van der Waals surface area contributed by atoms with Gasteiger partial charge in [-0.3, -0.25) is 4.79 Å². The third kappa shape index (κ3) is 5.83. The second-order valence-corrected chi connectivity index (χ2v) is 8.57. The number of esters is 2. The van der Waals surface area contributed by atoms with Crippen LogP contribution in [0.4, 0.5) is 0 Å². The number of carbonyl (C=O) groups is 3. The molecule has 0 aliphatic rings. The van der Waals surface area contributed by atoms with Crippen molar-refractivity contribution >= 4 is 64.8 Å². The van der Waals surface area contributed by atoms with Crippen LogP contribution in [-0.4, -0.2) is 18.4 Å². The summed E-state index contributed by atoms with van der Waals surface area (Å²) in [7, 11) is 0. The molecule has 0 bridgehead atoms. The van der Waals surface area contributed by atoms with Crippen LogP contribution >= 0.6 is 46.4 Å². The lowest BCUT2D eigenvalue weighted by atomic mass is 9.93. The van der Waals surface area contributed by atoms with Crippen LogP contribution in [0.5, 0.6) is 0 Å². The van der Waals surface area contributed by atoms with Crippen molar-refractivity contribution in [2.45, 2.75) is 18.8 Å². The summed E-state index contributed by atoms with van der Waals surface area (Å²) in [4.78, 5) is 38.0. The summed E-state index contributed by atoms with van der Waals surface area (Å²) in [6, 6.07) is 16.9. The van der Waals surface area contributed by atoms with Crippen LogP contribution in [-0.2, 0) is 47.4 Å². The molecule has 0 aliphatic heterocycles. The van der Waals surface area contributed by atoms with Crippen molar-refractivity contribution in [3.8, 4) is 0 Å². The number of hydrogen-bond acceptors (Lipinski definition) is 6. The van der Waals surface area contributed by atoms with E-state index in [2.05, 4.69) is 0 Å². The molecule has 6 nitrogen and oxygen atoms in total. The Kier molecular flexibility index (Phi) is 8.80. The van der Waals surface area contributed by atoms with Gasteiger partial charge in [-0.1, -0.05) is 82.8 Å². The summed E-state index contributed by atoms with van der Waals surface area (Å²) >= 11 is 24.2. The van der Waals surface area contributed by atoms with E-state index in [1.807, 2.05) is 0 Å². The highest BCUT2D eigenvalue weighted by molar-refractivity contribution is 6.35. The first kappa shape index (κ1) is 25.8. The molecule has 3 aromatic rings. The lowest BCUT2D eigenvalue weighted by Crippen LogP contribution is -2.48. The average molecular weight is 542 g/mol. The Labute approximate surface area is 215 Å². The van der Waals surface area contributed by atoms with E-state index in [4.69, 9.17) is 60.6 Å². The molecule has 0 saturated heterocycles. The first-order valence-electron chi connectivity index (χ1n) is 9.67. The zero-order chi connectivity index (χ0) is 24.7. The van der Waals surface area contributed by atoms with Crippen molar-refractivity contribution in [2.75, 3.05) is 0 Å². The van der Waals surface area contributed by atoms with Crippen LogP contribution in [0.3, 0.4) is 0 Å². The van der Waals surface area contributed by atoms with Gasteiger partial charge in [0.05, 0.1) is 0 Å². The number of halogens is 4. The van der Waals surface area contributed by atoms with E-state index in [0.29, 0.717) is 21.2 Å². The molecule has 34 heavy (non-hydrogen) atoms. The molecule has 0 amide bonds. The molecule has 0 heterocycles. The van der Waals surface area contributed by atoms with Crippen LogP contribution in [0, 0.1) is 0 Å². The predicted octanol–water partition coefficient (Wildman–Crippen LogP) is 6.16. The van der Waals surface area contributed by atoms with Crippen LogP contribution in [0.1, 0.15) is 16.7 Å². The molecule has 1 unspecified atom stereocenters. The van der Waals surface area contributed by atoms with Gasteiger partial charge in [-0.2, -0.15) is 0 Å². The van der Waals surface area contributed by atoms with Crippen molar-refractivity contribution in [3.63, 3.8) is 0 Å². The normalized spacial score (nSPS) is 12.4. The van der Waals surface area contributed by atoms with Gasteiger partial charge in [0.1, 0.15) is 13.2 Å². The van der Waals surface area contributed by atoms with Crippen molar-refractivity contribution < 1.29 is 28.6 Å². The van der Waals surface area contributed by atoms with Gasteiger partial charge in [-0.15, -0.1) is 0 Å². The molecular weight excluding hydrogens is 526 g/mol. The lowest BCUT2D eigenvalue weighted by molar-refractivity contribution is -0.194. The van der Waals surface area contributed by atoms with E-state index in [1.54, 1.807) is 36.4 Å². The predicted molar refractivity (Wildman–Crippen MR) is 128 cm³/mol. The van der Waals surface area contributed by atoms with E-state index in [9.17, 15) is 14.4 Å². The first-order chi connectivity index (χ1) is 16.3. The highest BCUT2D eigenvalue weighted by atomic mass is 35.5. The van der Waals surface area contributed by atoms with E-state index < -0.39 is 17.5 Å². The summed E-state index contributed by atoms with van der Waals surface area (Å²) in [5, 5.41) is 1.16. The molecule has 0 fully saturated rings. The number of hydrogen-bond donors (Lipinski definition) is 0. The van der Waals surface area contributed by atoms with Crippen LogP contribution in [0.15, 0.2) is 66.7 Å². The second kappa shape index (κ2) is 11.6. The van der Waals surface area contributed by atoms with Gasteiger partial charge in [0.25, 0.3) is 6.47 Å². The van der Waals surface area contributed by atoms with E-state index >= 15 is 0 Å². The number of rotatable bonds is 9. The Hall–Kier alpha value is -2.77. The molecule has 0 aliphatic carbocycles. The fourth-order valence-corrected chi connectivity index (χ4v) is 3.85. The van der Waals surface area contributed by atoms with Crippen molar-refractivity contribution in [2.24, 2.45) is 0 Å². The summed E-state index contributed by atoms with van der Waals surface area (Å²) in [5.74, 6) is -2.41. The molecule has 176 valence electrons. The van der Waals surface area contributed by atoms with E-state index in [1.165, 1.54) is 30.3 Å². The summed E-state index contributed by atoms with van der Waals surface area (Å²) in [6.45, 7) is -0.676. The maximum absolute atomic E-state index is 13.3. The van der Waals surface area contributed by atoms with Crippen LogP contribution in [0.25, 0.3) is 0 Å². The Morgan fingerprint density at radius 3 is 1.94 bits per heavy atom. The third-order valence-electron chi connectivity index (χ3n) is 4.72. The standard InChI is InChI=1S/C24H16Cl4O6/c25-18-6-3-5-17(10-18)24(34-14-29,22(30)32-12-15-4-1-2-7-20(15)27)23(31)33-13-16-8-9-19(26)11-21(16)28/h1-11,14H,12-13H2. The minimum Gasteiger partial charge on any atom is -0.457 e. The van der Waals surface area contributed by atoms with Gasteiger partial charge in [0.2, 0.25) is 0 Å². The monoisotopic (exact) mass is 540 g/mol. The molecule has 0 aromatic heterocycles. The Morgan fingerprint density at radius 1 is 0.735 bits per heavy atom. The molecule has 10 heteroatoms. The first-order valence-corrected chi connectivity index (χ1v) is 11.2. The van der Waals surface area contributed by atoms with Crippen LogP contribution in [0.2, 0.25) is 20.1 Å². The van der Waals surface area contributed by atoms with E-state index in [-0.39, 0.29) is 35.3 Å². The molecule has 0 saturated carbocycles. The van der Waals surface area contributed by atoms with Crippen LogP contribution < -0.4 is 0 Å². The maximum Gasteiger partial charge on any atom is 0.367 e. The number of carbonyl (C=O) groups excluding carboxylic acids is 3. The molecule has 0 N–H and O–H groups in total. The Morgan fingerprint density at radius 2 is 1.35 bits per heavy atom. The van der Waals surface area contributed by atoms with Gasteiger partial charge in [0.15, 0.2) is 0 Å². The molecular formula is C24H16Cl4O6.